The van der Waals surface area contributed by atoms with Gasteiger partial charge in [-0.25, -0.2) is 4.98 Å². The van der Waals surface area contributed by atoms with E-state index in [9.17, 15) is 0 Å². The van der Waals surface area contributed by atoms with Crippen LogP contribution in [0.2, 0.25) is 0 Å². The van der Waals surface area contributed by atoms with E-state index in [-0.39, 0.29) is 5.41 Å². The molecule has 3 nitrogen and oxygen atoms in total. The van der Waals surface area contributed by atoms with Crippen molar-refractivity contribution in [3.63, 3.8) is 0 Å². The summed E-state index contributed by atoms with van der Waals surface area (Å²) in [6.07, 6.45) is 2.18. The quantitative estimate of drug-likeness (QED) is 0.771. The molecule has 1 heterocycles. The summed E-state index contributed by atoms with van der Waals surface area (Å²) in [5.41, 5.74) is 8.03. The number of hydrogen-bond donors (Lipinski definition) is 2. The van der Waals surface area contributed by atoms with Gasteiger partial charge in [0.25, 0.3) is 0 Å². The lowest BCUT2D eigenvalue weighted by Gasteiger charge is -2.18. The fraction of sp³-hybridized carbons (Fsp3) is 0.727. The van der Waals surface area contributed by atoms with Crippen LogP contribution in [0.15, 0.2) is 0 Å². The molecular weight excluding hydrogens is 174 g/mol. The number of imidazole rings is 1. The molecule has 0 amide bonds. The van der Waals surface area contributed by atoms with Gasteiger partial charge in [0, 0.05) is 17.7 Å². The molecule has 1 rings (SSSR count). The van der Waals surface area contributed by atoms with Crippen LogP contribution >= 0.6 is 0 Å². The molecule has 1 aromatic rings. The van der Waals surface area contributed by atoms with Crippen LogP contribution in [0.1, 0.15) is 44.4 Å². The average molecular weight is 195 g/mol. The molecule has 0 aliphatic carbocycles. The summed E-state index contributed by atoms with van der Waals surface area (Å²) in [5.74, 6) is 1.01. The van der Waals surface area contributed by atoms with Gasteiger partial charge in [-0.05, 0) is 13.3 Å². The summed E-state index contributed by atoms with van der Waals surface area (Å²) < 4.78 is 0. The summed E-state index contributed by atoms with van der Waals surface area (Å²) >= 11 is 0. The van der Waals surface area contributed by atoms with E-state index in [4.69, 9.17) is 5.73 Å². The van der Waals surface area contributed by atoms with E-state index >= 15 is 0 Å². The van der Waals surface area contributed by atoms with Gasteiger partial charge < -0.3 is 10.7 Å². The molecule has 0 aromatic carbocycles. The summed E-state index contributed by atoms with van der Waals surface area (Å²) in [7, 11) is 0. The maximum atomic E-state index is 5.71. The zero-order valence-electron chi connectivity index (χ0n) is 9.65. The molecule has 80 valence electrons. The lowest BCUT2D eigenvalue weighted by atomic mass is 9.93. The Balaban J connectivity index is 2.96. The van der Waals surface area contributed by atoms with E-state index in [1.807, 2.05) is 0 Å². The van der Waals surface area contributed by atoms with Crippen LogP contribution in [0.25, 0.3) is 0 Å². The summed E-state index contributed by atoms with van der Waals surface area (Å²) in [4.78, 5) is 7.94. The molecule has 0 saturated carbocycles. The van der Waals surface area contributed by atoms with Crippen molar-refractivity contribution in [3.8, 4) is 0 Å². The zero-order chi connectivity index (χ0) is 10.8. The second kappa shape index (κ2) is 4.13. The molecule has 0 saturated heterocycles. The molecular formula is C11H21N3. The van der Waals surface area contributed by atoms with Gasteiger partial charge >= 0.3 is 0 Å². The Hall–Kier alpha value is -0.830. The lowest BCUT2D eigenvalue weighted by molar-refractivity contribution is 0.506. The van der Waals surface area contributed by atoms with Gasteiger partial charge in [0.05, 0.1) is 5.69 Å². The van der Waals surface area contributed by atoms with Crippen molar-refractivity contribution in [2.45, 2.75) is 46.0 Å². The number of hydrogen-bond acceptors (Lipinski definition) is 2. The Morgan fingerprint density at radius 2 is 2.07 bits per heavy atom. The van der Waals surface area contributed by atoms with E-state index < -0.39 is 0 Å². The summed E-state index contributed by atoms with van der Waals surface area (Å²) in [5, 5.41) is 0. The molecule has 1 aromatic heterocycles. The van der Waals surface area contributed by atoms with Crippen molar-refractivity contribution in [2.24, 2.45) is 5.73 Å². The Bertz CT molecular complexity index is 299. The number of aromatic amines is 1. The third-order valence-electron chi connectivity index (χ3n) is 2.62. The maximum absolute atomic E-state index is 5.71. The molecule has 0 spiro atoms. The van der Waals surface area contributed by atoms with Crippen molar-refractivity contribution < 1.29 is 0 Å². The van der Waals surface area contributed by atoms with Crippen LogP contribution in [0.5, 0.6) is 0 Å². The fourth-order valence-corrected chi connectivity index (χ4v) is 1.39. The van der Waals surface area contributed by atoms with Crippen LogP contribution in [-0.2, 0) is 11.8 Å². The topological polar surface area (TPSA) is 54.7 Å². The van der Waals surface area contributed by atoms with Gasteiger partial charge in [0.1, 0.15) is 5.82 Å². The van der Waals surface area contributed by atoms with Crippen LogP contribution in [0.4, 0.5) is 0 Å². The Morgan fingerprint density at radius 1 is 1.43 bits per heavy atom. The molecule has 3 heteroatoms. The monoisotopic (exact) mass is 195 g/mol. The van der Waals surface area contributed by atoms with Gasteiger partial charge in [-0.2, -0.15) is 0 Å². The van der Waals surface area contributed by atoms with Crippen LogP contribution in [-0.4, -0.2) is 16.5 Å². The van der Waals surface area contributed by atoms with Crippen molar-refractivity contribution >= 4 is 0 Å². The highest BCUT2D eigenvalue weighted by Gasteiger charge is 2.23. The first-order valence-electron chi connectivity index (χ1n) is 5.27. The molecule has 0 aliphatic rings. The molecule has 3 N–H and O–H groups in total. The number of nitrogens with one attached hydrogen (secondary N) is 1. The number of H-pyrrole nitrogens is 1. The Labute approximate surface area is 86.1 Å². The normalized spacial score (nSPS) is 12.1. The largest absolute Gasteiger partial charge is 0.345 e. The van der Waals surface area contributed by atoms with Crippen LogP contribution in [0, 0.1) is 6.92 Å². The number of rotatable bonds is 4. The SMILES string of the molecule is CCCc1nc(C(C)(C)CN)[nH]c1C. The first-order valence-corrected chi connectivity index (χ1v) is 5.27. The predicted octanol–water partition coefficient (Wildman–Crippen LogP) is 1.91. The fourth-order valence-electron chi connectivity index (χ4n) is 1.39. The standard InChI is InChI=1S/C11H21N3/c1-5-6-9-8(2)13-10(14-9)11(3,4)7-12/h5-7,12H2,1-4H3,(H,13,14). The minimum atomic E-state index is -0.0449. The molecule has 0 bridgehead atoms. The minimum Gasteiger partial charge on any atom is -0.345 e. The zero-order valence-corrected chi connectivity index (χ0v) is 9.65. The van der Waals surface area contributed by atoms with Crippen molar-refractivity contribution in [1.29, 1.82) is 0 Å². The molecule has 0 radical (unpaired) electrons. The lowest BCUT2D eigenvalue weighted by Crippen LogP contribution is -2.29. The number of aromatic nitrogens is 2. The number of nitrogens with two attached hydrogens (primary N) is 1. The van der Waals surface area contributed by atoms with E-state index in [2.05, 4.69) is 37.7 Å². The van der Waals surface area contributed by atoms with Crippen molar-refractivity contribution in [3.05, 3.63) is 17.2 Å². The van der Waals surface area contributed by atoms with Crippen LogP contribution < -0.4 is 5.73 Å². The highest BCUT2D eigenvalue weighted by Crippen LogP contribution is 2.20. The number of nitrogens with zero attached hydrogens (tertiary/aromatic N) is 1. The smallest absolute Gasteiger partial charge is 0.113 e. The van der Waals surface area contributed by atoms with Gasteiger partial charge in [-0.1, -0.05) is 27.2 Å². The van der Waals surface area contributed by atoms with E-state index in [1.54, 1.807) is 0 Å². The number of aryl methyl sites for hydroxylation is 2. The molecule has 0 aliphatic heterocycles. The third-order valence-corrected chi connectivity index (χ3v) is 2.62. The minimum absolute atomic E-state index is 0.0449. The highest BCUT2D eigenvalue weighted by molar-refractivity contribution is 5.18. The first-order chi connectivity index (χ1) is 6.51. The second-order valence-electron chi connectivity index (χ2n) is 4.50. The van der Waals surface area contributed by atoms with Gasteiger partial charge in [0.15, 0.2) is 0 Å². The highest BCUT2D eigenvalue weighted by atomic mass is 15.0. The van der Waals surface area contributed by atoms with Gasteiger partial charge in [-0.3, -0.25) is 0 Å². The molecule has 14 heavy (non-hydrogen) atoms. The summed E-state index contributed by atoms with van der Waals surface area (Å²) in [6.45, 7) is 9.09. The van der Waals surface area contributed by atoms with Gasteiger partial charge in [-0.15, -0.1) is 0 Å². The molecule has 0 atom stereocenters. The van der Waals surface area contributed by atoms with E-state index in [0.29, 0.717) is 6.54 Å². The Morgan fingerprint density at radius 3 is 2.57 bits per heavy atom. The van der Waals surface area contributed by atoms with Crippen molar-refractivity contribution in [2.75, 3.05) is 6.54 Å². The third kappa shape index (κ3) is 2.15. The Kier molecular flexibility index (Phi) is 3.32. The average Bonchev–Trinajstić information content (AvgIpc) is 2.49. The first kappa shape index (κ1) is 11.2. The predicted molar refractivity (Wildman–Crippen MR) is 59.4 cm³/mol. The maximum Gasteiger partial charge on any atom is 0.113 e. The second-order valence-corrected chi connectivity index (χ2v) is 4.50. The summed E-state index contributed by atoms with van der Waals surface area (Å²) in [6, 6.07) is 0. The van der Waals surface area contributed by atoms with Crippen LogP contribution in [0.3, 0.4) is 0 Å². The molecule has 0 unspecified atom stereocenters. The van der Waals surface area contributed by atoms with Crippen molar-refractivity contribution in [1.82, 2.24) is 9.97 Å². The van der Waals surface area contributed by atoms with Gasteiger partial charge in [0.2, 0.25) is 0 Å². The van der Waals surface area contributed by atoms with E-state index in [0.717, 1.165) is 18.7 Å². The molecule has 0 fully saturated rings. The van der Waals surface area contributed by atoms with E-state index in [1.165, 1.54) is 11.4 Å².